The van der Waals surface area contributed by atoms with Crippen LogP contribution in [0.1, 0.15) is 43.0 Å². The highest BCUT2D eigenvalue weighted by atomic mass is 15.4. The second-order valence-corrected chi connectivity index (χ2v) is 5.74. The Balaban J connectivity index is 1.72. The van der Waals surface area contributed by atoms with Crippen LogP contribution < -0.4 is 5.32 Å². The summed E-state index contributed by atoms with van der Waals surface area (Å²) in [6, 6.07) is 6.71. The van der Waals surface area contributed by atoms with Crippen molar-refractivity contribution in [1.82, 2.24) is 14.8 Å². The molecule has 3 heterocycles. The van der Waals surface area contributed by atoms with Gasteiger partial charge in [0.1, 0.15) is 5.82 Å². The molecule has 98 valence electrons. The quantitative estimate of drug-likeness (QED) is 0.896. The highest BCUT2D eigenvalue weighted by Gasteiger charge is 2.37. The minimum absolute atomic E-state index is 0.327. The van der Waals surface area contributed by atoms with Crippen molar-refractivity contribution >= 4 is 5.82 Å². The number of hydrogen-bond acceptors (Lipinski definition) is 3. The lowest BCUT2D eigenvalue weighted by Gasteiger charge is -2.25. The highest BCUT2D eigenvalue weighted by Crippen LogP contribution is 2.47. The summed E-state index contributed by atoms with van der Waals surface area (Å²) in [5, 5.41) is 8.31. The van der Waals surface area contributed by atoms with Gasteiger partial charge in [-0.1, -0.05) is 13.0 Å². The second-order valence-electron chi connectivity index (χ2n) is 5.74. The van der Waals surface area contributed by atoms with Crippen LogP contribution in [-0.2, 0) is 0 Å². The Kier molecular flexibility index (Phi) is 2.37. The van der Waals surface area contributed by atoms with Crippen molar-refractivity contribution in [2.45, 2.75) is 31.7 Å². The predicted octanol–water partition coefficient (Wildman–Crippen LogP) is 2.81. The molecule has 2 aromatic rings. The fourth-order valence-corrected chi connectivity index (χ4v) is 3.04. The molecule has 4 rings (SSSR count). The molecule has 2 aromatic heterocycles. The highest BCUT2D eigenvalue weighted by molar-refractivity contribution is 5.43. The average Bonchev–Trinajstić information content (AvgIpc) is 3.02. The van der Waals surface area contributed by atoms with Crippen LogP contribution in [0, 0.1) is 5.92 Å². The van der Waals surface area contributed by atoms with Gasteiger partial charge in [-0.25, -0.2) is 4.68 Å². The van der Waals surface area contributed by atoms with Crippen molar-refractivity contribution in [1.29, 1.82) is 0 Å². The molecule has 0 amide bonds. The van der Waals surface area contributed by atoms with Gasteiger partial charge in [-0.3, -0.25) is 4.98 Å². The van der Waals surface area contributed by atoms with E-state index in [9.17, 15) is 0 Å². The first-order valence-electron chi connectivity index (χ1n) is 7.06. The second kappa shape index (κ2) is 4.08. The maximum Gasteiger partial charge on any atom is 0.125 e. The lowest BCUT2D eigenvalue weighted by Crippen LogP contribution is -2.24. The smallest absolute Gasteiger partial charge is 0.125 e. The van der Waals surface area contributed by atoms with E-state index in [-0.39, 0.29) is 0 Å². The van der Waals surface area contributed by atoms with Crippen LogP contribution >= 0.6 is 0 Å². The molecule has 3 atom stereocenters. The molecule has 1 aliphatic carbocycles. The molecule has 0 bridgehead atoms. The Labute approximate surface area is 112 Å². The minimum atomic E-state index is 0.327. The lowest BCUT2D eigenvalue weighted by molar-refractivity contribution is 0.476. The summed E-state index contributed by atoms with van der Waals surface area (Å²) in [5.74, 6) is 2.64. The van der Waals surface area contributed by atoms with E-state index in [1.165, 1.54) is 17.7 Å². The first kappa shape index (κ1) is 11.0. The summed E-state index contributed by atoms with van der Waals surface area (Å²) in [6.07, 6.45) is 6.14. The molecule has 0 spiro atoms. The molecule has 0 radical (unpaired) electrons. The summed E-state index contributed by atoms with van der Waals surface area (Å²) >= 11 is 0. The Morgan fingerprint density at radius 2 is 2.32 bits per heavy atom. The summed E-state index contributed by atoms with van der Waals surface area (Å²) in [6.45, 7) is 3.31. The van der Waals surface area contributed by atoms with Crippen LogP contribution in [0.15, 0.2) is 30.6 Å². The largest absolute Gasteiger partial charge is 0.370 e. The van der Waals surface area contributed by atoms with Gasteiger partial charge in [-0.15, -0.1) is 0 Å². The zero-order valence-corrected chi connectivity index (χ0v) is 11.1. The van der Waals surface area contributed by atoms with Crippen molar-refractivity contribution in [2.24, 2.45) is 5.92 Å². The SMILES string of the molecule is CC1CC1c1cc2n(n1)C(c1cccnc1)CCN2. The van der Waals surface area contributed by atoms with Gasteiger partial charge in [0, 0.05) is 30.9 Å². The Bertz CT molecular complexity index is 589. The normalized spacial score (nSPS) is 28.6. The number of anilines is 1. The van der Waals surface area contributed by atoms with Crippen molar-refractivity contribution < 1.29 is 0 Å². The van der Waals surface area contributed by atoms with Crippen LogP contribution in [0.2, 0.25) is 0 Å². The molecule has 4 nitrogen and oxygen atoms in total. The van der Waals surface area contributed by atoms with Gasteiger partial charge in [-0.2, -0.15) is 5.10 Å². The van der Waals surface area contributed by atoms with Crippen molar-refractivity contribution in [3.05, 3.63) is 41.9 Å². The number of aromatic nitrogens is 3. The van der Waals surface area contributed by atoms with Crippen LogP contribution in [0.3, 0.4) is 0 Å². The average molecular weight is 254 g/mol. The number of nitrogens with one attached hydrogen (secondary N) is 1. The zero-order valence-electron chi connectivity index (χ0n) is 11.1. The van der Waals surface area contributed by atoms with E-state index in [4.69, 9.17) is 5.10 Å². The van der Waals surface area contributed by atoms with Crippen LogP contribution in [0.25, 0.3) is 0 Å². The molecule has 4 heteroatoms. The van der Waals surface area contributed by atoms with E-state index in [1.54, 1.807) is 0 Å². The number of rotatable bonds is 2. The molecular weight excluding hydrogens is 236 g/mol. The van der Waals surface area contributed by atoms with Gasteiger partial charge in [0.05, 0.1) is 11.7 Å². The van der Waals surface area contributed by atoms with Gasteiger partial charge in [0.15, 0.2) is 0 Å². The fraction of sp³-hybridized carbons (Fsp3) is 0.467. The summed E-state index contributed by atoms with van der Waals surface area (Å²) < 4.78 is 2.15. The number of pyridine rings is 1. The first-order chi connectivity index (χ1) is 9.33. The minimum Gasteiger partial charge on any atom is -0.370 e. The van der Waals surface area contributed by atoms with E-state index in [2.05, 4.69) is 34.0 Å². The van der Waals surface area contributed by atoms with Gasteiger partial charge in [0.2, 0.25) is 0 Å². The third-order valence-corrected chi connectivity index (χ3v) is 4.33. The van der Waals surface area contributed by atoms with E-state index in [0.717, 1.165) is 24.7 Å². The van der Waals surface area contributed by atoms with Crippen molar-refractivity contribution in [3.63, 3.8) is 0 Å². The van der Waals surface area contributed by atoms with Crippen LogP contribution in [0.5, 0.6) is 0 Å². The van der Waals surface area contributed by atoms with E-state index in [1.807, 2.05) is 18.5 Å². The fourth-order valence-electron chi connectivity index (χ4n) is 3.04. The molecule has 19 heavy (non-hydrogen) atoms. The summed E-state index contributed by atoms with van der Waals surface area (Å²) in [7, 11) is 0. The van der Waals surface area contributed by atoms with Crippen molar-refractivity contribution in [2.75, 3.05) is 11.9 Å². The van der Waals surface area contributed by atoms with Gasteiger partial charge in [-0.05, 0) is 30.4 Å². The van der Waals surface area contributed by atoms with Crippen LogP contribution in [-0.4, -0.2) is 21.3 Å². The molecule has 3 unspecified atom stereocenters. The van der Waals surface area contributed by atoms with Crippen molar-refractivity contribution in [3.8, 4) is 0 Å². The molecule has 0 aromatic carbocycles. The third-order valence-electron chi connectivity index (χ3n) is 4.33. The Hall–Kier alpha value is -1.84. The topological polar surface area (TPSA) is 42.7 Å². The van der Waals surface area contributed by atoms with E-state index >= 15 is 0 Å². The van der Waals surface area contributed by atoms with Crippen LogP contribution in [0.4, 0.5) is 5.82 Å². The monoisotopic (exact) mass is 254 g/mol. The molecule has 1 N–H and O–H groups in total. The molecular formula is C15H18N4. The Morgan fingerprint density at radius 1 is 1.42 bits per heavy atom. The van der Waals surface area contributed by atoms with E-state index in [0.29, 0.717) is 12.0 Å². The maximum absolute atomic E-state index is 4.85. The standard InChI is InChI=1S/C15H18N4/c1-10-7-12(10)13-8-15-17-6-4-14(19(15)18-13)11-3-2-5-16-9-11/h2-3,5,8-10,12,14,17H,4,6-7H2,1H3. The first-order valence-corrected chi connectivity index (χ1v) is 7.06. The number of nitrogens with zero attached hydrogens (tertiary/aromatic N) is 3. The zero-order chi connectivity index (χ0) is 12.8. The molecule has 2 aliphatic rings. The molecule has 1 aliphatic heterocycles. The summed E-state index contributed by atoms with van der Waals surface area (Å²) in [5.41, 5.74) is 2.51. The van der Waals surface area contributed by atoms with E-state index < -0.39 is 0 Å². The predicted molar refractivity (Wildman–Crippen MR) is 74.2 cm³/mol. The summed E-state index contributed by atoms with van der Waals surface area (Å²) in [4.78, 5) is 4.24. The Morgan fingerprint density at radius 3 is 3.05 bits per heavy atom. The molecule has 1 fully saturated rings. The van der Waals surface area contributed by atoms with Gasteiger partial charge < -0.3 is 5.32 Å². The van der Waals surface area contributed by atoms with Gasteiger partial charge in [0.25, 0.3) is 0 Å². The number of fused-ring (bicyclic) bond motifs is 1. The lowest BCUT2D eigenvalue weighted by atomic mass is 10.0. The molecule has 0 saturated heterocycles. The third kappa shape index (κ3) is 1.82. The van der Waals surface area contributed by atoms with Gasteiger partial charge >= 0.3 is 0 Å². The maximum atomic E-state index is 4.85. The number of hydrogen-bond donors (Lipinski definition) is 1. The molecule has 1 saturated carbocycles.